The predicted octanol–water partition coefficient (Wildman–Crippen LogP) is 4.82. The second-order valence-electron chi connectivity index (χ2n) is 6.20. The Labute approximate surface area is 134 Å². The number of thiophene rings is 1. The van der Waals surface area contributed by atoms with Crippen LogP contribution in [-0.4, -0.2) is 17.3 Å². The Morgan fingerprint density at radius 3 is 2.76 bits per heavy atom. The fraction of sp³-hybridized carbons (Fsp3) is 0.471. The summed E-state index contributed by atoms with van der Waals surface area (Å²) < 4.78 is 1.15. The van der Waals surface area contributed by atoms with E-state index in [0.717, 1.165) is 46.6 Å². The summed E-state index contributed by atoms with van der Waals surface area (Å²) in [5.74, 6) is 1.25. The van der Waals surface area contributed by atoms with Crippen molar-refractivity contribution in [2.45, 2.75) is 38.1 Å². The van der Waals surface area contributed by atoms with Gasteiger partial charge in [-0.1, -0.05) is 25.1 Å². The molecule has 1 heterocycles. The zero-order valence-electron chi connectivity index (χ0n) is 12.2. The molecular weight excluding hydrogens is 302 g/mol. The SMILES string of the molecule is CC1CCC(CCl)(NC(=O)c2cc3ccccc3s2)CC1. The summed E-state index contributed by atoms with van der Waals surface area (Å²) in [5, 5.41) is 4.35. The Hall–Kier alpha value is -1.06. The van der Waals surface area contributed by atoms with Gasteiger partial charge in [0.1, 0.15) is 0 Å². The maximum atomic E-state index is 12.6. The summed E-state index contributed by atoms with van der Waals surface area (Å²) >= 11 is 7.73. The van der Waals surface area contributed by atoms with Crippen LogP contribution in [0.15, 0.2) is 30.3 Å². The quantitative estimate of drug-likeness (QED) is 0.807. The van der Waals surface area contributed by atoms with Crippen LogP contribution in [0, 0.1) is 5.92 Å². The van der Waals surface area contributed by atoms with E-state index in [0.29, 0.717) is 5.88 Å². The molecule has 0 unspecified atom stereocenters. The van der Waals surface area contributed by atoms with E-state index in [2.05, 4.69) is 18.3 Å². The van der Waals surface area contributed by atoms with E-state index in [-0.39, 0.29) is 11.4 Å². The molecule has 0 bridgehead atoms. The van der Waals surface area contributed by atoms with Crippen LogP contribution in [0.2, 0.25) is 0 Å². The fourth-order valence-electron chi connectivity index (χ4n) is 3.00. The van der Waals surface area contributed by atoms with Crippen LogP contribution in [0.1, 0.15) is 42.3 Å². The molecule has 0 radical (unpaired) electrons. The second-order valence-corrected chi connectivity index (χ2v) is 7.55. The van der Waals surface area contributed by atoms with E-state index < -0.39 is 0 Å². The molecule has 4 heteroatoms. The van der Waals surface area contributed by atoms with Crippen LogP contribution in [0.4, 0.5) is 0 Å². The standard InChI is InChI=1S/C17H20ClNOS/c1-12-6-8-17(11-18,9-7-12)19-16(20)15-10-13-4-2-3-5-14(13)21-15/h2-5,10,12H,6-9,11H2,1H3,(H,19,20). The molecule has 1 aliphatic carbocycles. The zero-order valence-corrected chi connectivity index (χ0v) is 13.8. The minimum absolute atomic E-state index is 0.0198. The number of fused-ring (bicyclic) bond motifs is 1. The van der Waals surface area contributed by atoms with Crippen molar-refractivity contribution in [2.75, 3.05) is 5.88 Å². The van der Waals surface area contributed by atoms with E-state index in [9.17, 15) is 4.79 Å². The molecule has 1 fully saturated rings. The van der Waals surface area contributed by atoms with E-state index >= 15 is 0 Å². The molecule has 0 saturated heterocycles. The third kappa shape index (κ3) is 3.09. The summed E-state index contributed by atoms with van der Waals surface area (Å²) in [4.78, 5) is 13.3. The number of amides is 1. The molecule has 1 amide bonds. The van der Waals surface area contributed by atoms with Gasteiger partial charge in [-0.2, -0.15) is 0 Å². The second kappa shape index (κ2) is 5.98. The van der Waals surface area contributed by atoms with Crippen LogP contribution in [0.25, 0.3) is 10.1 Å². The average molecular weight is 322 g/mol. The lowest BCUT2D eigenvalue weighted by molar-refractivity contribution is 0.0876. The molecule has 3 rings (SSSR count). The lowest BCUT2D eigenvalue weighted by Gasteiger charge is -2.38. The van der Waals surface area contributed by atoms with E-state index in [1.807, 2.05) is 24.3 Å². The van der Waals surface area contributed by atoms with Crippen molar-refractivity contribution in [3.63, 3.8) is 0 Å². The Balaban J connectivity index is 1.78. The molecule has 1 aromatic heterocycles. The van der Waals surface area contributed by atoms with Crippen LogP contribution in [0.5, 0.6) is 0 Å². The number of hydrogen-bond donors (Lipinski definition) is 1. The highest BCUT2D eigenvalue weighted by molar-refractivity contribution is 7.20. The van der Waals surface area contributed by atoms with Crippen molar-refractivity contribution in [3.05, 3.63) is 35.2 Å². The van der Waals surface area contributed by atoms with Gasteiger partial charge in [0.2, 0.25) is 0 Å². The Morgan fingerprint density at radius 2 is 2.10 bits per heavy atom. The Kier molecular flexibility index (Phi) is 4.23. The molecule has 1 saturated carbocycles. The van der Waals surface area contributed by atoms with E-state index in [4.69, 9.17) is 11.6 Å². The maximum absolute atomic E-state index is 12.6. The minimum atomic E-state index is -0.221. The van der Waals surface area contributed by atoms with Gasteiger partial charge in [-0.05, 0) is 49.1 Å². The molecule has 2 aromatic rings. The molecule has 2 nitrogen and oxygen atoms in total. The summed E-state index contributed by atoms with van der Waals surface area (Å²) in [7, 11) is 0. The Bertz CT molecular complexity index is 610. The average Bonchev–Trinajstić information content (AvgIpc) is 2.94. The smallest absolute Gasteiger partial charge is 0.261 e. The Morgan fingerprint density at radius 1 is 1.38 bits per heavy atom. The highest BCUT2D eigenvalue weighted by atomic mass is 35.5. The van der Waals surface area contributed by atoms with Crippen molar-refractivity contribution in [1.29, 1.82) is 0 Å². The summed E-state index contributed by atoms with van der Waals surface area (Å²) in [6.45, 7) is 2.27. The van der Waals surface area contributed by atoms with Crippen LogP contribution in [0.3, 0.4) is 0 Å². The van der Waals surface area contributed by atoms with Crippen molar-refractivity contribution < 1.29 is 4.79 Å². The first-order valence-electron chi connectivity index (χ1n) is 7.49. The summed E-state index contributed by atoms with van der Waals surface area (Å²) in [6.07, 6.45) is 4.24. The lowest BCUT2D eigenvalue weighted by Crippen LogP contribution is -2.52. The van der Waals surface area contributed by atoms with E-state index in [1.165, 1.54) is 0 Å². The molecule has 0 spiro atoms. The van der Waals surface area contributed by atoms with Gasteiger partial charge in [0.05, 0.1) is 10.4 Å². The molecule has 0 aliphatic heterocycles. The molecule has 1 N–H and O–H groups in total. The minimum Gasteiger partial charge on any atom is -0.345 e. The third-order valence-corrected chi connectivity index (χ3v) is 6.14. The van der Waals surface area contributed by atoms with Gasteiger partial charge in [0.15, 0.2) is 0 Å². The number of halogens is 1. The molecule has 112 valence electrons. The number of alkyl halides is 1. The van der Waals surface area contributed by atoms with Crippen molar-refractivity contribution in [1.82, 2.24) is 5.32 Å². The van der Waals surface area contributed by atoms with Crippen LogP contribution < -0.4 is 5.32 Å². The first-order valence-corrected chi connectivity index (χ1v) is 8.84. The summed E-state index contributed by atoms with van der Waals surface area (Å²) in [6, 6.07) is 10.1. The highest BCUT2D eigenvalue weighted by Gasteiger charge is 2.35. The van der Waals surface area contributed by atoms with E-state index in [1.54, 1.807) is 11.3 Å². The first kappa shape index (κ1) is 14.9. The number of carbonyl (C=O) groups is 1. The monoisotopic (exact) mass is 321 g/mol. The van der Waals surface area contributed by atoms with Gasteiger partial charge in [-0.3, -0.25) is 4.79 Å². The molecule has 1 aliphatic rings. The largest absolute Gasteiger partial charge is 0.345 e. The predicted molar refractivity (Wildman–Crippen MR) is 90.4 cm³/mol. The fourth-order valence-corrected chi connectivity index (χ4v) is 4.30. The molecular formula is C17H20ClNOS. The van der Waals surface area contributed by atoms with Crippen molar-refractivity contribution >= 4 is 38.9 Å². The van der Waals surface area contributed by atoms with Gasteiger partial charge < -0.3 is 5.32 Å². The molecule has 21 heavy (non-hydrogen) atoms. The number of nitrogens with one attached hydrogen (secondary N) is 1. The highest BCUT2D eigenvalue weighted by Crippen LogP contribution is 2.34. The van der Waals surface area contributed by atoms with Crippen molar-refractivity contribution in [3.8, 4) is 0 Å². The lowest BCUT2D eigenvalue weighted by atomic mass is 9.78. The number of rotatable bonds is 3. The summed E-state index contributed by atoms with van der Waals surface area (Å²) in [5.41, 5.74) is -0.221. The van der Waals surface area contributed by atoms with Crippen LogP contribution >= 0.6 is 22.9 Å². The van der Waals surface area contributed by atoms with Gasteiger partial charge >= 0.3 is 0 Å². The first-order chi connectivity index (χ1) is 10.1. The zero-order chi connectivity index (χ0) is 14.9. The maximum Gasteiger partial charge on any atom is 0.261 e. The van der Waals surface area contributed by atoms with Gasteiger partial charge in [-0.15, -0.1) is 22.9 Å². The molecule has 0 atom stereocenters. The van der Waals surface area contributed by atoms with Gasteiger partial charge in [-0.25, -0.2) is 0 Å². The van der Waals surface area contributed by atoms with Gasteiger partial charge in [0.25, 0.3) is 5.91 Å². The topological polar surface area (TPSA) is 29.1 Å². The number of carbonyl (C=O) groups excluding carboxylic acids is 1. The number of hydrogen-bond acceptors (Lipinski definition) is 2. The van der Waals surface area contributed by atoms with Crippen molar-refractivity contribution in [2.24, 2.45) is 5.92 Å². The van der Waals surface area contributed by atoms with Crippen LogP contribution in [-0.2, 0) is 0 Å². The normalized spacial score (nSPS) is 25.9. The van der Waals surface area contributed by atoms with Gasteiger partial charge in [0, 0.05) is 10.6 Å². The molecule has 1 aromatic carbocycles. The number of benzene rings is 1. The third-order valence-electron chi connectivity index (χ3n) is 4.52.